The molecular weight excluding hydrogens is 342 g/mol. The highest BCUT2D eigenvalue weighted by atomic mass is 35.5. The van der Waals surface area contributed by atoms with Gasteiger partial charge < -0.3 is 14.8 Å². The summed E-state index contributed by atoms with van der Waals surface area (Å²) < 4.78 is 10.5. The maximum Gasteiger partial charge on any atom is 0.340 e. The molecule has 0 saturated carbocycles. The third-order valence-corrected chi connectivity index (χ3v) is 4.07. The summed E-state index contributed by atoms with van der Waals surface area (Å²) in [6.45, 7) is 5.55. The summed E-state index contributed by atoms with van der Waals surface area (Å²) in [6.07, 6.45) is 0. The lowest BCUT2D eigenvalue weighted by molar-refractivity contribution is -0.118. The van der Waals surface area contributed by atoms with E-state index in [9.17, 15) is 9.59 Å². The second kappa shape index (κ2) is 8.53. The molecule has 0 saturated heterocycles. The van der Waals surface area contributed by atoms with Crippen LogP contribution in [0.15, 0.2) is 36.4 Å². The molecule has 0 aliphatic heterocycles. The highest BCUT2D eigenvalue weighted by Crippen LogP contribution is 2.26. The molecule has 0 fully saturated rings. The summed E-state index contributed by atoms with van der Waals surface area (Å²) in [5, 5.41) is 3.35. The molecule has 2 rings (SSSR count). The average molecular weight is 362 g/mol. The fourth-order valence-corrected chi connectivity index (χ4v) is 2.41. The minimum absolute atomic E-state index is 0.183. The van der Waals surface area contributed by atoms with Crippen molar-refractivity contribution >= 4 is 29.2 Å². The Bertz CT molecular complexity index is 766. The van der Waals surface area contributed by atoms with Gasteiger partial charge in [-0.3, -0.25) is 4.79 Å². The number of aryl methyl sites for hydroxylation is 2. The Morgan fingerprint density at radius 2 is 1.76 bits per heavy atom. The van der Waals surface area contributed by atoms with Gasteiger partial charge in [-0.1, -0.05) is 23.7 Å². The van der Waals surface area contributed by atoms with Crippen LogP contribution in [-0.2, 0) is 9.53 Å². The molecule has 5 nitrogen and oxygen atoms in total. The number of nitrogens with one attached hydrogen (secondary N) is 1. The largest absolute Gasteiger partial charge is 0.484 e. The lowest BCUT2D eigenvalue weighted by Gasteiger charge is -2.12. The summed E-state index contributed by atoms with van der Waals surface area (Å²) in [5.41, 5.74) is 2.45. The first-order chi connectivity index (χ1) is 11.9. The fraction of sp³-hybridized carbons (Fsp3) is 0.263. The van der Waals surface area contributed by atoms with E-state index in [2.05, 4.69) is 5.32 Å². The standard InChI is InChI=1S/C19H20ClNO4/c1-4-24-19(23)15-7-5-6-8-16(15)21-17(22)11-25-14-9-12(2)18(20)13(3)10-14/h5-10H,4,11H2,1-3H3,(H,21,22). The van der Waals surface area contributed by atoms with Gasteiger partial charge in [-0.25, -0.2) is 4.79 Å². The molecule has 1 amide bonds. The van der Waals surface area contributed by atoms with Crippen molar-refractivity contribution < 1.29 is 19.1 Å². The minimum Gasteiger partial charge on any atom is -0.484 e. The SMILES string of the molecule is CCOC(=O)c1ccccc1NC(=O)COc1cc(C)c(Cl)c(C)c1. The fourth-order valence-electron chi connectivity index (χ4n) is 2.30. The highest BCUT2D eigenvalue weighted by Gasteiger charge is 2.14. The smallest absolute Gasteiger partial charge is 0.340 e. The summed E-state index contributed by atoms with van der Waals surface area (Å²) >= 11 is 6.11. The minimum atomic E-state index is -0.483. The molecule has 0 aliphatic carbocycles. The lowest BCUT2D eigenvalue weighted by atomic mass is 10.1. The van der Waals surface area contributed by atoms with Gasteiger partial charge in [-0.05, 0) is 56.2 Å². The average Bonchev–Trinajstić information content (AvgIpc) is 2.58. The first-order valence-electron chi connectivity index (χ1n) is 7.88. The van der Waals surface area contributed by atoms with Crippen molar-refractivity contribution in [1.82, 2.24) is 0 Å². The van der Waals surface area contributed by atoms with Crippen molar-refractivity contribution in [3.05, 3.63) is 58.1 Å². The number of esters is 1. The van der Waals surface area contributed by atoms with Gasteiger partial charge in [0.1, 0.15) is 5.75 Å². The van der Waals surface area contributed by atoms with Crippen LogP contribution in [0.3, 0.4) is 0 Å². The molecule has 2 aromatic carbocycles. The highest BCUT2D eigenvalue weighted by molar-refractivity contribution is 6.32. The van der Waals surface area contributed by atoms with E-state index in [4.69, 9.17) is 21.1 Å². The third-order valence-electron chi connectivity index (χ3n) is 3.48. The Morgan fingerprint density at radius 1 is 1.12 bits per heavy atom. The second-order valence-electron chi connectivity index (χ2n) is 5.47. The van der Waals surface area contributed by atoms with Crippen LogP contribution in [0.5, 0.6) is 5.75 Å². The first-order valence-corrected chi connectivity index (χ1v) is 8.25. The van der Waals surface area contributed by atoms with Gasteiger partial charge in [-0.2, -0.15) is 0 Å². The van der Waals surface area contributed by atoms with Crippen LogP contribution in [0.4, 0.5) is 5.69 Å². The van der Waals surface area contributed by atoms with Crippen LogP contribution in [0, 0.1) is 13.8 Å². The zero-order valence-corrected chi connectivity index (χ0v) is 15.1. The van der Waals surface area contributed by atoms with Crippen molar-refractivity contribution in [1.29, 1.82) is 0 Å². The molecular formula is C19H20ClNO4. The molecule has 0 radical (unpaired) electrons. The number of anilines is 1. The van der Waals surface area contributed by atoms with Gasteiger partial charge in [0.05, 0.1) is 17.9 Å². The summed E-state index contributed by atoms with van der Waals surface area (Å²) in [7, 11) is 0. The molecule has 0 atom stereocenters. The van der Waals surface area contributed by atoms with Gasteiger partial charge >= 0.3 is 5.97 Å². The quantitative estimate of drug-likeness (QED) is 0.785. The molecule has 1 N–H and O–H groups in total. The van der Waals surface area contributed by atoms with E-state index >= 15 is 0 Å². The molecule has 6 heteroatoms. The van der Waals surface area contributed by atoms with E-state index in [1.165, 1.54) is 0 Å². The van der Waals surface area contributed by atoms with Gasteiger partial charge in [-0.15, -0.1) is 0 Å². The maximum atomic E-state index is 12.1. The molecule has 132 valence electrons. The van der Waals surface area contributed by atoms with Gasteiger partial charge in [0.2, 0.25) is 0 Å². The number of carbonyl (C=O) groups is 2. The summed E-state index contributed by atoms with van der Waals surface area (Å²) in [4.78, 5) is 24.1. The van der Waals surface area contributed by atoms with Crippen LogP contribution >= 0.6 is 11.6 Å². The van der Waals surface area contributed by atoms with Crippen LogP contribution in [0.25, 0.3) is 0 Å². The zero-order valence-electron chi connectivity index (χ0n) is 14.4. The predicted octanol–water partition coefficient (Wildman–Crippen LogP) is 4.15. The van der Waals surface area contributed by atoms with Crippen molar-refractivity contribution in [3.63, 3.8) is 0 Å². The van der Waals surface area contributed by atoms with Gasteiger partial charge in [0.15, 0.2) is 6.61 Å². The normalized spacial score (nSPS) is 10.2. The number of hydrogen-bond donors (Lipinski definition) is 1. The maximum absolute atomic E-state index is 12.1. The number of carbonyl (C=O) groups excluding carboxylic acids is 2. The lowest BCUT2D eigenvalue weighted by Crippen LogP contribution is -2.22. The molecule has 2 aromatic rings. The van der Waals surface area contributed by atoms with E-state index in [-0.39, 0.29) is 19.1 Å². The Hall–Kier alpha value is -2.53. The summed E-state index contributed by atoms with van der Waals surface area (Å²) in [5.74, 6) is -0.293. The number of halogens is 1. The molecule has 0 heterocycles. The van der Waals surface area contributed by atoms with Crippen molar-refractivity contribution in [3.8, 4) is 5.75 Å². The van der Waals surface area contributed by atoms with E-state index in [0.717, 1.165) is 11.1 Å². The Labute approximate surface area is 151 Å². The van der Waals surface area contributed by atoms with E-state index in [0.29, 0.717) is 22.0 Å². The monoisotopic (exact) mass is 361 g/mol. The first kappa shape index (κ1) is 18.8. The Kier molecular flexibility index (Phi) is 6.42. The van der Waals surface area contributed by atoms with Gasteiger partial charge in [0, 0.05) is 5.02 Å². The van der Waals surface area contributed by atoms with Crippen LogP contribution in [0.1, 0.15) is 28.4 Å². The molecule has 0 aromatic heterocycles. The Morgan fingerprint density at radius 3 is 2.40 bits per heavy atom. The number of benzene rings is 2. The summed E-state index contributed by atoms with van der Waals surface area (Å²) in [6, 6.07) is 10.2. The van der Waals surface area contributed by atoms with Crippen LogP contribution in [-0.4, -0.2) is 25.1 Å². The number of rotatable bonds is 6. The van der Waals surface area contributed by atoms with E-state index in [1.807, 2.05) is 13.8 Å². The third kappa shape index (κ3) is 4.97. The topological polar surface area (TPSA) is 64.6 Å². The van der Waals surface area contributed by atoms with E-state index < -0.39 is 5.97 Å². The molecule has 0 unspecified atom stereocenters. The number of ether oxygens (including phenoxy) is 2. The van der Waals surface area contributed by atoms with Gasteiger partial charge in [0.25, 0.3) is 5.91 Å². The van der Waals surface area contributed by atoms with Crippen molar-refractivity contribution in [2.75, 3.05) is 18.5 Å². The molecule has 0 spiro atoms. The Balaban J connectivity index is 2.03. The molecule has 0 bridgehead atoms. The zero-order chi connectivity index (χ0) is 18.4. The number of hydrogen-bond acceptors (Lipinski definition) is 4. The second-order valence-corrected chi connectivity index (χ2v) is 5.85. The van der Waals surface area contributed by atoms with Crippen LogP contribution < -0.4 is 10.1 Å². The molecule has 0 aliphatic rings. The van der Waals surface area contributed by atoms with Crippen molar-refractivity contribution in [2.24, 2.45) is 0 Å². The van der Waals surface area contributed by atoms with Crippen molar-refractivity contribution in [2.45, 2.75) is 20.8 Å². The van der Waals surface area contributed by atoms with Crippen LogP contribution in [0.2, 0.25) is 5.02 Å². The number of amides is 1. The predicted molar refractivity (Wildman–Crippen MR) is 97.4 cm³/mol. The molecule has 25 heavy (non-hydrogen) atoms. The van der Waals surface area contributed by atoms with E-state index in [1.54, 1.807) is 43.3 Å². The number of para-hydroxylation sites is 1.